The monoisotopic (exact) mass is 519 g/mol. The van der Waals surface area contributed by atoms with E-state index in [1.54, 1.807) is 12.1 Å². The summed E-state index contributed by atoms with van der Waals surface area (Å²) in [5, 5.41) is 10.4. The molecule has 2 rings (SSSR count). The molecule has 0 aliphatic heterocycles. The van der Waals surface area contributed by atoms with Crippen molar-refractivity contribution in [3.63, 3.8) is 0 Å². The molecule has 1 aromatic carbocycles. The van der Waals surface area contributed by atoms with Crippen molar-refractivity contribution in [3.05, 3.63) is 41.8 Å². The van der Waals surface area contributed by atoms with Gasteiger partial charge in [-0.25, -0.2) is 9.38 Å². The zero-order chi connectivity index (χ0) is 20.6. The molecule has 0 spiro atoms. The molecule has 0 bridgehead atoms. The molecule has 0 saturated heterocycles. The second-order valence-corrected chi connectivity index (χ2v) is 7.45. The van der Waals surface area contributed by atoms with E-state index < -0.39 is 0 Å². The van der Waals surface area contributed by atoms with Gasteiger partial charge in [0, 0.05) is 18.0 Å². The van der Waals surface area contributed by atoms with Crippen LogP contribution in [0.5, 0.6) is 5.75 Å². The van der Waals surface area contributed by atoms with Gasteiger partial charge in [0.1, 0.15) is 24.2 Å². The van der Waals surface area contributed by atoms with Crippen LogP contribution in [0, 0.1) is 5.82 Å². The first kappa shape index (κ1) is 25.1. The molecule has 0 fully saturated rings. The quantitative estimate of drug-likeness (QED) is 0.311. The van der Waals surface area contributed by atoms with E-state index in [4.69, 9.17) is 9.26 Å². The van der Waals surface area contributed by atoms with Crippen molar-refractivity contribution >= 4 is 29.9 Å². The normalized spacial score (nSPS) is 12.8. The predicted molar refractivity (Wildman–Crippen MR) is 122 cm³/mol. The summed E-state index contributed by atoms with van der Waals surface area (Å²) >= 11 is 0. The van der Waals surface area contributed by atoms with Crippen LogP contribution in [0.3, 0.4) is 0 Å². The Kier molecular flexibility index (Phi) is 10.3. The van der Waals surface area contributed by atoms with Gasteiger partial charge in [-0.3, -0.25) is 0 Å². The Balaban J connectivity index is 0.00000420. The molecule has 0 saturated carbocycles. The highest BCUT2D eigenvalue weighted by Gasteiger charge is 2.21. The maximum atomic E-state index is 13.3. The minimum absolute atomic E-state index is 0. The zero-order valence-electron chi connectivity index (χ0n) is 17.7. The van der Waals surface area contributed by atoms with Crippen LogP contribution in [-0.2, 0) is 12.0 Å². The number of nitrogens with one attached hydrogen (secondary N) is 2. The lowest BCUT2D eigenvalue weighted by Crippen LogP contribution is -2.42. The van der Waals surface area contributed by atoms with Crippen LogP contribution in [0.4, 0.5) is 4.39 Å². The highest BCUT2D eigenvalue weighted by Crippen LogP contribution is 2.19. The fourth-order valence-electron chi connectivity index (χ4n) is 2.33. The molecule has 1 atom stereocenters. The largest absolute Gasteiger partial charge is 0.489 e. The Bertz CT molecular complexity index is 776. The summed E-state index contributed by atoms with van der Waals surface area (Å²) < 4.78 is 24.5. The summed E-state index contributed by atoms with van der Waals surface area (Å²) in [5.41, 5.74) is -0.194. The number of halogens is 2. The number of nitrogens with zero attached hydrogens (tertiary/aromatic N) is 3. The van der Waals surface area contributed by atoms with Gasteiger partial charge < -0.3 is 19.9 Å². The number of guanidine groups is 1. The van der Waals surface area contributed by atoms with E-state index in [0.29, 0.717) is 43.1 Å². The first-order valence-electron chi connectivity index (χ1n) is 9.59. The van der Waals surface area contributed by atoms with Gasteiger partial charge in [-0.15, -0.1) is 24.0 Å². The highest BCUT2D eigenvalue weighted by atomic mass is 127. The summed E-state index contributed by atoms with van der Waals surface area (Å²) in [5.74, 6) is 1.95. The van der Waals surface area contributed by atoms with E-state index in [1.165, 1.54) is 12.1 Å². The Morgan fingerprint density at radius 3 is 2.62 bits per heavy atom. The van der Waals surface area contributed by atoms with Gasteiger partial charge in [0.25, 0.3) is 0 Å². The second-order valence-electron chi connectivity index (χ2n) is 7.45. The maximum Gasteiger partial charge on any atom is 0.232 e. The average Bonchev–Trinajstić information content (AvgIpc) is 3.12. The van der Waals surface area contributed by atoms with Crippen molar-refractivity contribution in [2.75, 3.05) is 13.1 Å². The van der Waals surface area contributed by atoms with E-state index in [9.17, 15) is 4.39 Å². The van der Waals surface area contributed by atoms with Gasteiger partial charge in [-0.1, -0.05) is 38.9 Å². The Morgan fingerprint density at radius 1 is 1.28 bits per heavy atom. The second kappa shape index (κ2) is 11.9. The Labute approximate surface area is 188 Å². The van der Waals surface area contributed by atoms with Gasteiger partial charge in [0.2, 0.25) is 5.89 Å². The lowest BCUT2D eigenvalue weighted by Gasteiger charge is -2.20. The molecule has 2 aromatic rings. The topological polar surface area (TPSA) is 84.6 Å². The first-order chi connectivity index (χ1) is 13.3. The Morgan fingerprint density at radius 2 is 2.03 bits per heavy atom. The predicted octanol–water partition coefficient (Wildman–Crippen LogP) is 4.04. The van der Waals surface area contributed by atoms with Crippen molar-refractivity contribution < 1.29 is 13.7 Å². The van der Waals surface area contributed by atoms with E-state index in [0.717, 1.165) is 6.42 Å². The van der Waals surface area contributed by atoms with Crippen LogP contribution in [0.25, 0.3) is 0 Å². The molecular weight excluding hydrogens is 488 g/mol. The molecule has 162 valence electrons. The lowest BCUT2D eigenvalue weighted by molar-refractivity contribution is 0.198. The molecule has 7 nitrogen and oxygen atoms in total. The molecular formula is C20H31FIN5O2. The third-order valence-electron chi connectivity index (χ3n) is 3.88. The third kappa shape index (κ3) is 8.55. The summed E-state index contributed by atoms with van der Waals surface area (Å²) in [7, 11) is 0. The molecule has 29 heavy (non-hydrogen) atoms. The average molecular weight is 519 g/mol. The molecule has 9 heteroatoms. The van der Waals surface area contributed by atoms with Gasteiger partial charge >= 0.3 is 0 Å². The summed E-state index contributed by atoms with van der Waals surface area (Å²) in [4.78, 5) is 8.89. The van der Waals surface area contributed by atoms with Crippen molar-refractivity contribution in [1.82, 2.24) is 20.8 Å². The smallest absolute Gasteiger partial charge is 0.232 e. The van der Waals surface area contributed by atoms with Crippen LogP contribution in [0.2, 0.25) is 0 Å². The Hall–Kier alpha value is -1.91. The molecule has 0 aliphatic rings. The maximum absolute atomic E-state index is 13.3. The van der Waals surface area contributed by atoms with Crippen molar-refractivity contribution in [2.45, 2.75) is 59.1 Å². The van der Waals surface area contributed by atoms with Gasteiger partial charge in [0.15, 0.2) is 11.8 Å². The minimum atomic E-state index is -0.315. The highest BCUT2D eigenvalue weighted by molar-refractivity contribution is 14.0. The van der Waals surface area contributed by atoms with E-state index in [1.807, 2.05) is 34.6 Å². The molecule has 1 heterocycles. The molecule has 0 radical (unpaired) electrons. The van der Waals surface area contributed by atoms with Gasteiger partial charge in [-0.2, -0.15) is 4.98 Å². The van der Waals surface area contributed by atoms with Gasteiger partial charge in [0.05, 0.1) is 6.54 Å². The number of hydrogen-bond donors (Lipinski definition) is 2. The molecule has 1 unspecified atom stereocenters. The number of aliphatic imine (C=N–C) groups is 1. The summed E-state index contributed by atoms with van der Waals surface area (Å²) in [6.45, 7) is 11.6. The fourth-order valence-corrected chi connectivity index (χ4v) is 2.33. The number of ether oxygens (including phenoxy) is 1. The van der Waals surface area contributed by atoms with E-state index in [2.05, 4.69) is 25.8 Å². The first-order valence-corrected chi connectivity index (χ1v) is 9.59. The number of benzene rings is 1. The zero-order valence-corrected chi connectivity index (χ0v) is 20.0. The molecule has 2 N–H and O–H groups in total. The third-order valence-corrected chi connectivity index (χ3v) is 3.88. The molecule has 0 aliphatic carbocycles. The van der Waals surface area contributed by atoms with Crippen molar-refractivity contribution in [1.29, 1.82) is 0 Å². The fraction of sp³-hybridized carbons (Fsp3) is 0.550. The van der Waals surface area contributed by atoms with Crippen molar-refractivity contribution in [2.24, 2.45) is 4.99 Å². The van der Waals surface area contributed by atoms with E-state index >= 15 is 0 Å². The van der Waals surface area contributed by atoms with Crippen LogP contribution >= 0.6 is 24.0 Å². The van der Waals surface area contributed by atoms with Crippen LogP contribution in [0.1, 0.15) is 52.8 Å². The lowest BCUT2D eigenvalue weighted by atomic mass is 9.97. The number of aromatic nitrogens is 2. The van der Waals surface area contributed by atoms with Crippen LogP contribution < -0.4 is 15.4 Å². The van der Waals surface area contributed by atoms with E-state index in [-0.39, 0.29) is 41.3 Å². The molecule has 0 amide bonds. The molecule has 1 aromatic heterocycles. The van der Waals surface area contributed by atoms with Crippen LogP contribution in [0.15, 0.2) is 33.8 Å². The number of rotatable bonds is 8. The number of hydrogen-bond acceptors (Lipinski definition) is 5. The summed E-state index contributed by atoms with van der Waals surface area (Å²) in [6.07, 6.45) is 0.645. The summed E-state index contributed by atoms with van der Waals surface area (Å²) in [6, 6.07) is 6.15. The minimum Gasteiger partial charge on any atom is -0.489 e. The van der Waals surface area contributed by atoms with Crippen LogP contribution in [-0.4, -0.2) is 35.3 Å². The van der Waals surface area contributed by atoms with Crippen molar-refractivity contribution in [3.8, 4) is 5.75 Å². The SMILES string of the molecule is CCNC(=NCc1noc(C(C)(C)C)n1)NCC(CC)Oc1cccc(F)c1.I. The standard InChI is InChI=1S/C20H30FN5O2.HI/c1-6-15(27-16-10-8-9-14(21)11-16)12-23-19(22-7-2)24-13-17-25-18(28-26-17)20(3,4)5;/h8-11,15H,6-7,12-13H2,1-5H3,(H2,22,23,24);1H. The van der Waals surface area contributed by atoms with Gasteiger partial charge in [-0.05, 0) is 25.5 Å².